The fourth-order valence-electron chi connectivity index (χ4n) is 2.88. The lowest BCUT2D eigenvalue weighted by molar-refractivity contribution is -0.147. The zero-order valence-corrected chi connectivity index (χ0v) is 16.0. The Kier molecular flexibility index (Phi) is 6.13. The molecule has 8 nitrogen and oxygen atoms in total. The van der Waals surface area contributed by atoms with Gasteiger partial charge in [-0.1, -0.05) is 24.3 Å². The number of nitrogens with zero attached hydrogens (tertiary/aromatic N) is 1. The fourth-order valence-corrected chi connectivity index (χ4v) is 2.88. The standard InChI is InChI=1S/C21H20N2O6/c1-27-15-7-5-6-14(10-15)22-19(24)13-29-20(25)12-23-11-17(21(26)28-2)16-8-3-4-9-18(16)23/h3-11H,12-13H2,1-2H3,(H,22,24). The minimum Gasteiger partial charge on any atom is -0.497 e. The summed E-state index contributed by atoms with van der Waals surface area (Å²) in [6.07, 6.45) is 1.54. The molecule has 0 radical (unpaired) electrons. The molecule has 3 rings (SSSR count). The highest BCUT2D eigenvalue weighted by Gasteiger charge is 2.17. The van der Waals surface area contributed by atoms with Crippen LogP contribution in [0.3, 0.4) is 0 Å². The van der Waals surface area contributed by atoms with Crippen molar-refractivity contribution in [1.29, 1.82) is 0 Å². The third kappa shape index (κ3) is 4.73. The predicted molar refractivity (Wildman–Crippen MR) is 106 cm³/mol. The lowest BCUT2D eigenvalue weighted by atomic mass is 10.2. The Morgan fingerprint density at radius 3 is 2.59 bits per heavy atom. The van der Waals surface area contributed by atoms with Crippen LogP contribution in [-0.4, -0.2) is 43.2 Å². The zero-order chi connectivity index (χ0) is 20.8. The molecular formula is C21H20N2O6. The first-order valence-corrected chi connectivity index (χ1v) is 8.77. The van der Waals surface area contributed by atoms with Crippen molar-refractivity contribution in [2.45, 2.75) is 6.54 Å². The maximum Gasteiger partial charge on any atom is 0.340 e. The van der Waals surface area contributed by atoms with Crippen LogP contribution in [0.4, 0.5) is 5.69 Å². The van der Waals surface area contributed by atoms with Crippen molar-refractivity contribution < 1.29 is 28.6 Å². The Morgan fingerprint density at radius 2 is 1.83 bits per heavy atom. The molecule has 0 aliphatic heterocycles. The first-order chi connectivity index (χ1) is 14.0. The van der Waals surface area contributed by atoms with Crippen LogP contribution in [0, 0.1) is 0 Å². The smallest absolute Gasteiger partial charge is 0.340 e. The molecule has 29 heavy (non-hydrogen) atoms. The molecule has 0 saturated heterocycles. The van der Waals surface area contributed by atoms with E-state index in [4.69, 9.17) is 14.2 Å². The minimum atomic E-state index is -0.608. The summed E-state index contributed by atoms with van der Waals surface area (Å²) in [7, 11) is 2.82. The largest absolute Gasteiger partial charge is 0.497 e. The third-order valence-corrected chi connectivity index (χ3v) is 4.21. The normalized spacial score (nSPS) is 10.4. The molecule has 0 unspecified atom stereocenters. The Hall–Kier alpha value is -3.81. The Bertz CT molecular complexity index is 1060. The highest BCUT2D eigenvalue weighted by atomic mass is 16.5. The van der Waals surface area contributed by atoms with Gasteiger partial charge < -0.3 is 24.1 Å². The molecule has 1 aromatic heterocycles. The number of hydrogen-bond acceptors (Lipinski definition) is 6. The van der Waals surface area contributed by atoms with E-state index in [9.17, 15) is 14.4 Å². The number of carbonyl (C=O) groups excluding carboxylic acids is 3. The summed E-state index contributed by atoms with van der Waals surface area (Å²) >= 11 is 0. The van der Waals surface area contributed by atoms with E-state index in [1.54, 1.807) is 53.1 Å². The fraction of sp³-hybridized carbons (Fsp3) is 0.190. The van der Waals surface area contributed by atoms with E-state index in [-0.39, 0.29) is 6.54 Å². The van der Waals surface area contributed by atoms with Crippen LogP contribution in [0.25, 0.3) is 10.9 Å². The lowest BCUT2D eigenvalue weighted by Crippen LogP contribution is -2.22. The van der Waals surface area contributed by atoms with Crippen molar-refractivity contribution in [2.75, 3.05) is 26.1 Å². The van der Waals surface area contributed by atoms with Crippen LogP contribution in [0.15, 0.2) is 54.7 Å². The summed E-state index contributed by atoms with van der Waals surface area (Å²) in [5.74, 6) is -0.978. The predicted octanol–water partition coefficient (Wildman–Crippen LogP) is 2.62. The molecular weight excluding hydrogens is 376 g/mol. The molecule has 0 atom stereocenters. The number of esters is 2. The molecule has 0 aliphatic carbocycles. The summed E-state index contributed by atoms with van der Waals surface area (Å²) in [6.45, 7) is -0.580. The van der Waals surface area contributed by atoms with Gasteiger partial charge in [-0.15, -0.1) is 0 Å². The number of carbonyl (C=O) groups is 3. The van der Waals surface area contributed by atoms with Gasteiger partial charge >= 0.3 is 11.9 Å². The molecule has 3 aromatic rings. The van der Waals surface area contributed by atoms with E-state index in [0.29, 0.717) is 27.9 Å². The summed E-state index contributed by atoms with van der Waals surface area (Å²) in [4.78, 5) is 36.2. The van der Waals surface area contributed by atoms with Gasteiger partial charge in [-0.3, -0.25) is 9.59 Å². The van der Waals surface area contributed by atoms with Crippen LogP contribution in [0.5, 0.6) is 5.75 Å². The van der Waals surface area contributed by atoms with E-state index in [1.165, 1.54) is 20.4 Å². The van der Waals surface area contributed by atoms with Crippen LogP contribution < -0.4 is 10.1 Å². The van der Waals surface area contributed by atoms with Gasteiger partial charge in [0, 0.05) is 28.9 Å². The molecule has 8 heteroatoms. The molecule has 1 N–H and O–H groups in total. The topological polar surface area (TPSA) is 95.9 Å². The molecule has 0 aliphatic rings. The molecule has 0 bridgehead atoms. The van der Waals surface area contributed by atoms with E-state index in [2.05, 4.69) is 5.32 Å². The first-order valence-electron chi connectivity index (χ1n) is 8.77. The molecule has 0 saturated carbocycles. The maximum atomic E-state index is 12.2. The molecule has 150 valence electrons. The highest BCUT2D eigenvalue weighted by molar-refractivity contribution is 6.04. The van der Waals surface area contributed by atoms with Gasteiger partial charge in [0.2, 0.25) is 0 Å². The van der Waals surface area contributed by atoms with Crippen molar-refractivity contribution in [1.82, 2.24) is 4.57 Å². The average molecular weight is 396 g/mol. The van der Waals surface area contributed by atoms with Crippen molar-refractivity contribution in [2.24, 2.45) is 0 Å². The second-order valence-corrected chi connectivity index (χ2v) is 6.12. The van der Waals surface area contributed by atoms with Crippen molar-refractivity contribution in [3.05, 3.63) is 60.3 Å². The number of hydrogen-bond donors (Lipinski definition) is 1. The second kappa shape index (κ2) is 8.92. The Labute approximate surface area is 167 Å². The van der Waals surface area contributed by atoms with Crippen LogP contribution in [-0.2, 0) is 25.6 Å². The van der Waals surface area contributed by atoms with Gasteiger partial charge in [-0.05, 0) is 18.2 Å². The number of nitrogens with one attached hydrogen (secondary N) is 1. The molecule has 1 amide bonds. The van der Waals surface area contributed by atoms with Gasteiger partial charge in [0.05, 0.1) is 19.8 Å². The van der Waals surface area contributed by atoms with Gasteiger partial charge in [-0.25, -0.2) is 4.79 Å². The summed E-state index contributed by atoms with van der Waals surface area (Å²) in [5, 5.41) is 3.30. The van der Waals surface area contributed by atoms with Gasteiger partial charge in [0.1, 0.15) is 12.3 Å². The lowest BCUT2D eigenvalue weighted by Gasteiger charge is -2.09. The van der Waals surface area contributed by atoms with E-state index >= 15 is 0 Å². The van der Waals surface area contributed by atoms with E-state index in [1.807, 2.05) is 0 Å². The van der Waals surface area contributed by atoms with Gasteiger partial charge in [0.25, 0.3) is 5.91 Å². The quantitative estimate of drug-likeness (QED) is 0.617. The Morgan fingerprint density at radius 1 is 1.03 bits per heavy atom. The summed E-state index contributed by atoms with van der Waals surface area (Å²) in [5.41, 5.74) is 1.57. The SMILES string of the molecule is COC(=O)c1cn(CC(=O)OCC(=O)Nc2cccc(OC)c2)c2ccccc12. The molecule has 1 heterocycles. The van der Waals surface area contributed by atoms with Crippen molar-refractivity contribution in [3.8, 4) is 5.75 Å². The number of rotatable bonds is 7. The zero-order valence-electron chi connectivity index (χ0n) is 16.0. The molecule has 0 spiro atoms. The molecule has 2 aromatic carbocycles. The van der Waals surface area contributed by atoms with E-state index < -0.39 is 24.5 Å². The monoisotopic (exact) mass is 396 g/mol. The van der Waals surface area contributed by atoms with Gasteiger partial charge in [0.15, 0.2) is 6.61 Å². The maximum absolute atomic E-state index is 12.2. The first kappa shape index (κ1) is 19.9. The van der Waals surface area contributed by atoms with Crippen LogP contribution in [0.1, 0.15) is 10.4 Å². The number of para-hydroxylation sites is 1. The number of benzene rings is 2. The number of ether oxygens (including phenoxy) is 3. The summed E-state index contributed by atoms with van der Waals surface area (Å²) < 4.78 is 16.5. The summed E-state index contributed by atoms with van der Waals surface area (Å²) in [6, 6.07) is 14.0. The van der Waals surface area contributed by atoms with Crippen molar-refractivity contribution in [3.63, 3.8) is 0 Å². The number of methoxy groups -OCH3 is 2. The van der Waals surface area contributed by atoms with Crippen LogP contribution in [0.2, 0.25) is 0 Å². The van der Waals surface area contributed by atoms with Crippen LogP contribution >= 0.6 is 0 Å². The minimum absolute atomic E-state index is 0.149. The number of anilines is 1. The average Bonchev–Trinajstić information content (AvgIpc) is 3.10. The van der Waals surface area contributed by atoms with Gasteiger partial charge in [-0.2, -0.15) is 0 Å². The number of amides is 1. The number of aromatic nitrogens is 1. The molecule has 0 fully saturated rings. The van der Waals surface area contributed by atoms with E-state index in [0.717, 1.165) is 0 Å². The highest BCUT2D eigenvalue weighted by Crippen LogP contribution is 2.22. The van der Waals surface area contributed by atoms with Crippen molar-refractivity contribution >= 4 is 34.4 Å². The second-order valence-electron chi connectivity index (χ2n) is 6.12. The third-order valence-electron chi connectivity index (χ3n) is 4.21. The Balaban J connectivity index is 1.62. The number of fused-ring (bicyclic) bond motifs is 1.